The zero-order valence-electron chi connectivity index (χ0n) is 17.7. The number of ether oxygens (including phenoxy) is 1. The quantitative estimate of drug-likeness (QED) is 0.545. The van der Waals surface area contributed by atoms with Crippen LogP contribution in [0.4, 0.5) is 5.95 Å². The van der Waals surface area contributed by atoms with Crippen molar-refractivity contribution in [2.75, 3.05) is 38.3 Å². The number of amides is 1. The standard InChI is InChI=1S/C21H25N7O3/c1-25(15-3-4-15)20(30)16-13-22-26(2)19(16)17(29)11-14-5-6-28-18(12-14)23-21(24-28)27-7-9-31-10-8-27/h5-6,12-13,15H,3-4,7-11H2,1-2H3. The highest BCUT2D eigenvalue weighted by atomic mass is 16.5. The van der Waals surface area contributed by atoms with E-state index in [1.165, 1.54) is 10.9 Å². The molecule has 1 aliphatic heterocycles. The van der Waals surface area contributed by atoms with Crippen molar-refractivity contribution >= 4 is 23.3 Å². The fraction of sp³-hybridized carbons (Fsp3) is 0.476. The van der Waals surface area contributed by atoms with Crippen LogP contribution in [0.3, 0.4) is 0 Å². The van der Waals surface area contributed by atoms with E-state index in [1.54, 1.807) is 23.5 Å². The lowest BCUT2D eigenvalue weighted by Crippen LogP contribution is -2.36. The molecular formula is C21H25N7O3. The molecule has 0 bridgehead atoms. The van der Waals surface area contributed by atoms with E-state index in [9.17, 15) is 9.59 Å². The monoisotopic (exact) mass is 423 g/mol. The molecule has 1 amide bonds. The van der Waals surface area contributed by atoms with Gasteiger partial charge in [-0.05, 0) is 30.5 Å². The smallest absolute Gasteiger partial charge is 0.257 e. The second kappa shape index (κ2) is 7.77. The minimum Gasteiger partial charge on any atom is -0.378 e. The molecule has 3 aromatic rings. The minimum atomic E-state index is -0.151. The Bertz CT molecular complexity index is 1140. The maximum Gasteiger partial charge on any atom is 0.257 e. The zero-order valence-corrected chi connectivity index (χ0v) is 17.7. The van der Waals surface area contributed by atoms with Crippen LogP contribution >= 0.6 is 0 Å². The SMILES string of the molecule is CN(C(=O)c1cnn(C)c1C(=O)Cc1ccn2nc(N3CCOCC3)nc2c1)C1CC1. The van der Waals surface area contributed by atoms with E-state index in [-0.39, 0.29) is 24.2 Å². The number of carbonyl (C=O) groups excluding carboxylic acids is 2. The lowest BCUT2D eigenvalue weighted by atomic mass is 10.0. The number of nitrogens with zero attached hydrogens (tertiary/aromatic N) is 7. The Morgan fingerprint density at radius 2 is 2.03 bits per heavy atom. The van der Waals surface area contributed by atoms with Gasteiger partial charge in [0, 0.05) is 45.8 Å². The van der Waals surface area contributed by atoms with Crippen LogP contribution < -0.4 is 4.90 Å². The number of aryl methyl sites for hydroxylation is 1. The second-order valence-electron chi connectivity index (χ2n) is 8.13. The van der Waals surface area contributed by atoms with Gasteiger partial charge in [-0.25, -0.2) is 4.52 Å². The molecule has 1 saturated carbocycles. The molecule has 31 heavy (non-hydrogen) atoms. The largest absolute Gasteiger partial charge is 0.378 e. The fourth-order valence-electron chi connectivity index (χ4n) is 3.93. The first-order chi connectivity index (χ1) is 15.0. The first kappa shape index (κ1) is 19.7. The molecule has 5 rings (SSSR count). The Labute approximate surface area is 179 Å². The topological polar surface area (TPSA) is 97.9 Å². The van der Waals surface area contributed by atoms with Gasteiger partial charge in [0.15, 0.2) is 11.4 Å². The number of hydrogen-bond donors (Lipinski definition) is 0. The predicted octanol–water partition coefficient (Wildman–Crippen LogP) is 0.959. The van der Waals surface area contributed by atoms with Crippen molar-refractivity contribution in [3.05, 3.63) is 41.3 Å². The van der Waals surface area contributed by atoms with Gasteiger partial charge in [-0.3, -0.25) is 14.3 Å². The highest BCUT2D eigenvalue weighted by Crippen LogP contribution is 2.27. The summed E-state index contributed by atoms with van der Waals surface area (Å²) >= 11 is 0. The van der Waals surface area contributed by atoms with E-state index < -0.39 is 0 Å². The van der Waals surface area contributed by atoms with Crippen LogP contribution in [0.15, 0.2) is 24.5 Å². The van der Waals surface area contributed by atoms with Crippen molar-refractivity contribution in [3.63, 3.8) is 0 Å². The van der Waals surface area contributed by atoms with Gasteiger partial charge in [-0.2, -0.15) is 10.1 Å². The zero-order chi connectivity index (χ0) is 21.5. The Morgan fingerprint density at radius 3 is 2.77 bits per heavy atom. The Kier molecular flexibility index (Phi) is 4.93. The molecule has 2 aliphatic rings. The molecule has 4 heterocycles. The molecule has 10 heteroatoms. The molecule has 2 fully saturated rings. The number of pyridine rings is 1. The van der Waals surface area contributed by atoms with Gasteiger partial charge in [-0.15, -0.1) is 5.10 Å². The molecule has 0 radical (unpaired) electrons. The van der Waals surface area contributed by atoms with Crippen LogP contribution in [0.25, 0.3) is 5.65 Å². The molecule has 0 spiro atoms. The van der Waals surface area contributed by atoms with Crippen LogP contribution in [-0.4, -0.2) is 80.4 Å². The molecule has 162 valence electrons. The molecule has 3 aromatic heterocycles. The van der Waals surface area contributed by atoms with Gasteiger partial charge >= 0.3 is 0 Å². The van der Waals surface area contributed by atoms with Crippen molar-refractivity contribution < 1.29 is 14.3 Å². The molecule has 10 nitrogen and oxygen atoms in total. The molecule has 0 atom stereocenters. The molecule has 0 aromatic carbocycles. The lowest BCUT2D eigenvalue weighted by Gasteiger charge is -2.25. The number of carbonyl (C=O) groups is 2. The highest BCUT2D eigenvalue weighted by molar-refractivity contribution is 6.07. The summed E-state index contributed by atoms with van der Waals surface area (Å²) in [5, 5.41) is 8.70. The first-order valence-electron chi connectivity index (χ1n) is 10.5. The number of anilines is 1. The van der Waals surface area contributed by atoms with Gasteiger partial charge in [0.1, 0.15) is 5.69 Å². The van der Waals surface area contributed by atoms with E-state index in [0.29, 0.717) is 36.1 Å². The van der Waals surface area contributed by atoms with Crippen LogP contribution in [0.2, 0.25) is 0 Å². The number of ketones is 1. The summed E-state index contributed by atoms with van der Waals surface area (Å²) in [5.74, 6) is 0.362. The van der Waals surface area contributed by atoms with Crippen molar-refractivity contribution in [3.8, 4) is 0 Å². The molecule has 1 aliphatic carbocycles. The Hall–Kier alpha value is -3.27. The molecule has 0 unspecified atom stereocenters. The Morgan fingerprint density at radius 1 is 1.26 bits per heavy atom. The van der Waals surface area contributed by atoms with Crippen molar-refractivity contribution in [1.29, 1.82) is 0 Å². The lowest BCUT2D eigenvalue weighted by molar-refractivity contribution is 0.0778. The van der Waals surface area contributed by atoms with Crippen LogP contribution in [0, 0.1) is 0 Å². The van der Waals surface area contributed by atoms with Crippen molar-refractivity contribution in [1.82, 2.24) is 29.3 Å². The average Bonchev–Trinajstić information content (AvgIpc) is 3.43. The summed E-state index contributed by atoms with van der Waals surface area (Å²) in [5.41, 5.74) is 2.20. The summed E-state index contributed by atoms with van der Waals surface area (Å²) in [6, 6.07) is 3.99. The third-order valence-electron chi connectivity index (χ3n) is 5.90. The van der Waals surface area contributed by atoms with Gasteiger partial charge in [0.25, 0.3) is 5.91 Å². The summed E-state index contributed by atoms with van der Waals surface area (Å²) in [7, 11) is 3.48. The summed E-state index contributed by atoms with van der Waals surface area (Å²) in [6.07, 6.45) is 5.48. The number of aromatic nitrogens is 5. The van der Waals surface area contributed by atoms with Crippen LogP contribution in [-0.2, 0) is 18.2 Å². The number of fused-ring (bicyclic) bond motifs is 1. The number of rotatable bonds is 6. The molecule has 1 saturated heterocycles. The van der Waals surface area contributed by atoms with Gasteiger partial charge < -0.3 is 14.5 Å². The van der Waals surface area contributed by atoms with Crippen molar-refractivity contribution in [2.45, 2.75) is 25.3 Å². The third kappa shape index (κ3) is 3.78. The Balaban J connectivity index is 1.37. The number of hydrogen-bond acceptors (Lipinski definition) is 7. The van der Waals surface area contributed by atoms with Crippen LogP contribution in [0.1, 0.15) is 39.3 Å². The average molecular weight is 423 g/mol. The normalized spacial score (nSPS) is 16.6. The predicted molar refractivity (Wildman–Crippen MR) is 112 cm³/mol. The van der Waals surface area contributed by atoms with Gasteiger partial charge in [0.2, 0.25) is 5.95 Å². The summed E-state index contributed by atoms with van der Waals surface area (Å²) in [6.45, 7) is 2.84. The van der Waals surface area contributed by atoms with E-state index in [1.807, 2.05) is 18.3 Å². The number of morpholine rings is 1. The van der Waals surface area contributed by atoms with Gasteiger partial charge in [-0.1, -0.05) is 0 Å². The van der Waals surface area contributed by atoms with Crippen molar-refractivity contribution in [2.24, 2.45) is 7.05 Å². The van der Waals surface area contributed by atoms with Crippen LogP contribution in [0.5, 0.6) is 0 Å². The van der Waals surface area contributed by atoms with E-state index in [0.717, 1.165) is 31.5 Å². The number of Topliss-reactive ketones (excluding diaryl/α,β-unsaturated/α-hetero) is 1. The van der Waals surface area contributed by atoms with E-state index in [4.69, 9.17) is 4.74 Å². The first-order valence-corrected chi connectivity index (χ1v) is 10.5. The summed E-state index contributed by atoms with van der Waals surface area (Å²) < 4.78 is 8.58. The maximum absolute atomic E-state index is 13.1. The third-order valence-corrected chi connectivity index (χ3v) is 5.90. The maximum atomic E-state index is 13.1. The minimum absolute atomic E-state index is 0.148. The molecular weight excluding hydrogens is 398 g/mol. The summed E-state index contributed by atoms with van der Waals surface area (Å²) in [4.78, 5) is 34.4. The van der Waals surface area contributed by atoms with E-state index >= 15 is 0 Å². The fourth-order valence-corrected chi connectivity index (χ4v) is 3.93. The second-order valence-corrected chi connectivity index (χ2v) is 8.13. The van der Waals surface area contributed by atoms with Gasteiger partial charge in [0.05, 0.1) is 25.0 Å². The van der Waals surface area contributed by atoms with E-state index in [2.05, 4.69) is 20.1 Å². The molecule has 0 N–H and O–H groups in total. The highest BCUT2D eigenvalue weighted by Gasteiger charge is 2.33.